The Bertz CT molecular complexity index is 926. The van der Waals surface area contributed by atoms with E-state index in [2.05, 4.69) is 5.32 Å². The summed E-state index contributed by atoms with van der Waals surface area (Å²) >= 11 is 5.96. The normalized spacial score (nSPS) is 11.5. The van der Waals surface area contributed by atoms with Crippen molar-refractivity contribution in [2.24, 2.45) is 0 Å². The topological polar surface area (TPSA) is 95.9 Å². The summed E-state index contributed by atoms with van der Waals surface area (Å²) in [5.41, 5.74) is 3.18. The second-order valence-electron chi connectivity index (χ2n) is 7.36. The highest BCUT2D eigenvalue weighted by atomic mass is 35.5. The molecule has 0 saturated heterocycles. The van der Waals surface area contributed by atoms with Crippen molar-refractivity contribution in [1.29, 1.82) is 0 Å². The van der Waals surface area contributed by atoms with Gasteiger partial charge in [0.15, 0.2) is 6.04 Å². The molecule has 0 saturated carbocycles. The Morgan fingerprint density at radius 1 is 1.09 bits per heavy atom. The number of hydrogen-bond acceptors (Lipinski definition) is 5. The van der Waals surface area contributed by atoms with Gasteiger partial charge in [0.1, 0.15) is 0 Å². The van der Waals surface area contributed by atoms with Gasteiger partial charge in [-0.1, -0.05) is 29.8 Å². The molecule has 0 spiro atoms. The van der Waals surface area contributed by atoms with Crippen LogP contribution in [0.4, 0.5) is 5.69 Å². The number of esters is 1. The summed E-state index contributed by atoms with van der Waals surface area (Å²) in [6.45, 7) is 5.42. The first kappa shape index (κ1) is 25.4. The molecular weight excluding hydrogens is 432 g/mol. The molecule has 0 radical (unpaired) electrons. The van der Waals surface area contributed by atoms with Crippen molar-refractivity contribution in [3.63, 3.8) is 0 Å². The fourth-order valence-corrected chi connectivity index (χ4v) is 3.51. The van der Waals surface area contributed by atoms with Gasteiger partial charge >= 0.3 is 5.97 Å². The van der Waals surface area contributed by atoms with E-state index < -0.39 is 24.5 Å². The van der Waals surface area contributed by atoms with Gasteiger partial charge in [0.2, 0.25) is 5.91 Å². The minimum Gasteiger partial charge on any atom is -0.464 e. The molecule has 1 atom stereocenters. The molecule has 2 amide bonds. The Balaban J connectivity index is 2.14. The zero-order chi connectivity index (χ0) is 23.7. The fraction of sp³-hybridized carbons (Fsp3) is 0.375. The third kappa shape index (κ3) is 6.80. The molecule has 0 fully saturated rings. The van der Waals surface area contributed by atoms with Crippen LogP contribution in [-0.2, 0) is 14.3 Å². The number of nitrogens with one attached hydrogen (secondary N) is 1. The predicted octanol–water partition coefficient (Wildman–Crippen LogP) is 3.42. The van der Waals surface area contributed by atoms with E-state index in [1.165, 1.54) is 0 Å². The average Bonchev–Trinajstić information content (AvgIpc) is 2.76. The number of aliphatic hydroxyl groups excluding tert-OH is 1. The summed E-state index contributed by atoms with van der Waals surface area (Å²) in [7, 11) is 0. The summed E-state index contributed by atoms with van der Waals surface area (Å²) in [6.07, 6.45) is 0.436. The van der Waals surface area contributed by atoms with Gasteiger partial charge in [0, 0.05) is 29.2 Å². The molecule has 8 heteroatoms. The van der Waals surface area contributed by atoms with Crippen molar-refractivity contribution in [1.82, 2.24) is 5.32 Å². The summed E-state index contributed by atoms with van der Waals surface area (Å²) < 4.78 is 4.84. The van der Waals surface area contributed by atoms with Gasteiger partial charge in [-0.05, 0) is 62.6 Å². The van der Waals surface area contributed by atoms with E-state index in [0.717, 1.165) is 16.8 Å². The molecule has 0 bridgehead atoms. The summed E-state index contributed by atoms with van der Waals surface area (Å²) in [4.78, 5) is 39.0. The molecule has 2 rings (SSSR count). The van der Waals surface area contributed by atoms with Crippen LogP contribution in [-0.4, -0.2) is 48.7 Å². The molecule has 0 aliphatic heterocycles. The third-order valence-electron chi connectivity index (χ3n) is 4.92. The van der Waals surface area contributed by atoms with E-state index in [9.17, 15) is 19.5 Å². The Hall–Kier alpha value is -2.90. The number of nitrogens with zero attached hydrogens (tertiary/aromatic N) is 1. The number of aryl methyl sites for hydroxylation is 2. The minimum absolute atomic E-state index is 0.0746. The lowest BCUT2D eigenvalue weighted by Gasteiger charge is -2.26. The number of ether oxygens (including phenoxy) is 1. The highest BCUT2D eigenvalue weighted by Crippen LogP contribution is 2.27. The van der Waals surface area contributed by atoms with Crippen LogP contribution >= 0.6 is 11.6 Å². The van der Waals surface area contributed by atoms with Gasteiger partial charge in [-0.25, -0.2) is 4.79 Å². The maximum absolute atomic E-state index is 13.3. The van der Waals surface area contributed by atoms with Crippen molar-refractivity contribution >= 4 is 35.1 Å². The van der Waals surface area contributed by atoms with Crippen LogP contribution in [0.5, 0.6) is 0 Å². The van der Waals surface area contributed by atoms with Gasteiger partial charge in [-0.15, -0.1) is 0 Å². The quantitative estimate of drug-likeness (QED) is 0.529. The number of rotatable bonds is 10. The van der Waals surface area contributed by atoms with E-state index in [4.69, 9.17) is 16.3 Å². The highest BCUT2D eigenvalue weighted by molar-refractivity contribution is 6.30. The number of hydrogen-bond donors (Lipinski definition) is 2. The predicted molar refractivity (Wildman–Crippen MR) is 124 cm³/mol. The van der Waals surface area contributed by atoms with E-state index >= 15 is 0 Å². The van der Waals surface area contributed by atoms with Gasteiger partial charge in [0.05, 0.1) is 13.2 Å². The molecule has 2 N–H and O–H groups in total. The lowest BCUT2D eigenvalue weighted by molar-refractivity contribution is -0.148. The first-order chi connectivity index (χ1) is 15.3. The molecule has 0 unspecified atom stereocenters. The van der Waals surface area contributed by atoms with Gasteiger partial charge < -0.3 is 20.1 Å². The van der Waals surface area contributed by atoms with Crippen LogP contribution in [0.1, 0.15) is 41.3 Å². The second-order valence-corrected chi connectivity index (χ2v) is 7.80. The van der Waals surface area contributed by atoms with Gasteiger partial charge in [0.25, 0.3) is 5.91 Å². The van der Waals surface area contributed by atoms with Crippen LogP contribution in [0.3, 0.4) is 0 Å². The fourth-order valence-electron chi connectivity index (χ4n) is 3.38. The first-order valence-corrected chi connectivity index (χ1v) is 10.9. The van der Waals surface area contributed by atoms with E-state index in [0.29, 0.717) is 23.6 Å². The number of para-hydroxylation sites is 1. The number of halogens is 1. The van der Waals surface area contributed by atoms with Gasteiger partial charge in [-0.3, -0.25) is 9.59 Å². The highest BCUT2D eigenvalue weighted by Gasteiger charge is 2.23. The first-order valence-electron chi connectivity index (χ1n) is 10.5. The van der Waals surface area contributed by atoms with Crippen molar-refractivity contribution in [3.05, 3.63) is 64.2 Å². The lowest BCUT2D eigenvalue weighted by atomic mass is 10.1. The van der Waals surface area contributed by atoms with Gasteiger partial charge in [-0.2, -0.15) is 0 Å². The zero-order valence-corrected chi connectivity index (χ0v) is 19.3. The molecule has 172 valence electrons. The number of amides is 2. The van der Waals surface area contributed by atoms with Crippen molar-refractivity contribution in [2.45, 2.75) is 39.7 Å². The number of benzene rings is 2. The Labute approximate surface area is 193 Å². The maximum atomic E-state index is 13.3. The standard InChI is InChI=1S/C24H29ClN2O5/c1-4-32-24(31)20(15-28)26-21(29)9-6-14-27(22-16(2)7-5-8-17(22)3)23(30)18-10-12-19(25)13-11-18/h5,7-8,10-13,20,28H,4,6,9,14-15H2,1-3H3,(H,26,29)/t20-/m0/s1. The number of anilines is 1. The molecule has 0 heterocycles. The molecule has 0 aliphatic rings. The van der Waals surface area contributed by atoms with E-state index in [1.54, 1.807) is 36.1 Å². The number of carbonyl (C=O) groups excluding carboxylic acids is 3. The van der Waals surface area contributed by atoms with Crippen LogP contribution in [0.25, 0.3) is 0 Å². The Morgan fingerprint density at radius 2 is 1.72 bits per heavy atom. The maximum Gasteiger partial charge on any atom is 0.331 e. The van der Waals surface area contributed by atoms with Crippen molar-refractivity contribution in [3.8, 4) is 0 Å². The number of carbonyl (C=O) groups is 3. The minimum atomic E-state index is -1.10. The lowest BCUT2D eigenvalue weighted by Crippen LogP contribution is -2.44. The average molecular weight is 461 g/mol. The zero-order valence-electron chi connectivity index (χ0n) is 18.6. The molecular formula is C24H29ClN2O5. The Kier molecular flexibility index (Phi) is 9.68. The molecule has 0 aromatic heterocycles. The summed E-state index contributed by atoms with van der Waals surface area (Å²) in [6, 6.07) is 11.4. The third-order valence-corrected chi connectivity index (χ3v) is 5.17. The largest absolute Gasteiger partial charge is 0.464 e. The molecule has 7 nitrogen and oxygen atoms in total. The Morgan fingerprint density at radius 3 is 2.28 bits per heavy atom. The molecule has 0 aliphatic carbocycles. The van der Waals surface area contributed by atoms with Crippen LogP contribution in [0, 0.1) is 13.8 Å². The van der Waals surface area contributed by atoms with Crippen molar-refractivity contribution < 1.29 is 24.2 Å². The summed E-state index contributed by atoms with van der Waals surface area (Å²) in [5.74, 6) is -1.28. The molecule has 2 aromatic rings. The van der Waals surface area contributed by atoms with Crippen LogP contribution in [0.15, 0.2) is 42.5 Å². The van der Waals surface area contributed by atoms with Crippen LogP contribution in [0.2, 0.25) is 5.02 Å². The van der Waals surface area contributed by atoms with Crippen LogP contribution < -0.4 is 10.2 Å². The van der Waals surface area contributed by atoms with E-state index in [1.807, 2.05) is 32.0 Å². The van der Waals surface area contributed by atoms with E-state index in [-0.39, 0.29) is 18.9 Å². The monoisotopic (exact) mass is 460 g/mol. The summed E-state index contributed by atoms with van der Waals surface area (Å²) in [5, 5.41) is 12.3. The smallest absolute Gasteiger partial charge is 0.331 e. The molecule has 2 aromatic carbocycles. The molecule has 32 heavy (non-hydrogen) atoms. The SMILES string of the molecule is CCOC(=O)[C@H](CO)NC(=O)CCCN(C(=O)c1ccc(Cl)cc1)c1c(C)cccc1C. The van der Waals surface area contributed by atoms with Crippen molar-refractivity contribution in [2.75, 3.05) is 24.7 Å². The second kappa shape index (κ2) is 12.2. The number of aliphatic hydroxyl groups is 1.